The van der Waals surface area contributed by atoms with Crippen molar-refractivity contribution >= 4 is 11.6 Å². The Morgan fingerprint density at radius 1 is 1.00 bits per heavy atom. The highest BCUT2D eigenvalue weighted by atomic mass is 15.1. The summed E-state index contributed by atoms with van der Waals surface area (Å²) in [6, 6.07) is 16.0. The smallest absolute Gasteiger partial charge is 0.223 e. The molecule has 0 amide bonds. The second-order valence-electron chi connectivity index (χ2n) is 6.65. The lowest BCUT2D eigenvalue weighted by Crippen LogP contribution is -2.10. The van der Waals surface area contributed by atoms with Crippen LogP contribution in [0.2, 0.25) is 0 Å². The third kappa shape index (κ3) is 3.26. The molecule has 0 saturated carbocycles. The van der Waals surface area contributed by atoms with Crippen molar-refractivity contribution in [3.8, 4) is 23.5 Å². The van der Waals surface area contributed by atoms with E-state index >= 15 is 0 Å². The Bertz CT molecular complexity index is 1280. The second kappa shape index (κ2) is 7.41. The molecule has 1 atom stereocenters. The van der Waals surface area contributed by atoms with Gasteiger partial charge >= 0.3 is 0 Å². The molecule has 3 aromatic heterocycles. The number of nitriles is 2. The molecule has 0 aliphatic rings. The van der Waals surface area contributed by atoms with Gasteiger partial charge in [-0.15, -0.1) is 0 Å². The first-order valence-electron chi connectivity index (χ1n) is 9.08. The maximum atomic E-state index is 9.55. The number of aromatic nitrogens is 4. The number of hydrogen-bond acceptors (Lipinski definition) is 6. The molecular weight excluding hydrogens is 362 g/mol. The van der Waals surface area contributed by atoms with E-state index in [0.29, 0.717) is 34.1 Å². The fourth-order valence-electron chi connectivity index (χ4n) is 3.23. The van der Waals surface area contributed by atoms with E-state index in [1.165, 1.54) is 6.20 Å². The largest absolute Gasteiger partial charge is 0.348 e. The summed E-state index contributed by atoms with van der Waals surface area (Å²) in [4.78, 5) is 13.3. The van der Waals surface area contributed by atoms with Crippen molar-refractivity contribution in [2.45, 2.75) is 19.9 Å². The van der Waals surface area contributed by atoms with E-state index in [9.17, 15) is 10.5 Å². The second-order valence-corrected chi connectivity index (χ2v) is 6.65. The molecular formula is C22H17N7. The molecule has 0 unspecified atom stereocenters. The van der Waals surface area contributed by atoms with Crippen LogP contribution >= 0.6 is 0 Å². The first kappa shape index (κ1) is 18.1. The highest BCUT2D eigenvalue weighted by Crippen LogP contribution is 2.26. The molecule has 0 spiro atoms. The molecule has 4 rings (SSSR count). The van der Waals surface area contributed by atoms with Gasteiger partial charge < -0.3 is 5.32 Å². The van der Waals surface area contributed by atoms with Crippen LogP contribution in [0.5, 0.6) is 0 Å². The Labute approximate surface area is 167 Å². The lowest BCUT2D eigenvalue weighted by Gasteiger charge is -2.15. The molecule has 0 bridgehead atoms. The first-order valence-corrected chi connectivity index (χ1v) is 9.08. The van der Waals surface area contributed by atoms with E-state index in [2.05, 4.69) is 32.4 Å². The number of pyridine rings is 1. The number of benzene rings is 1. The molecule has 0 radical (unpaired) electrons. The van der Waals surface area contributed by atoms with Gasteiger partial charge in [0.15, 0.2) is 0 Å². The zero-order valence-corrected chi connectivity index (χ0v) is 16.0. The predicted octanol–water partition coefficient (Wildman–Crippen LogP) is 4.02. The molecule has 140 valence electrons. The lowest BCUT2D eigenvalue weighted by atomic mass is 10.1. The first-order chi connectivity index (χ1) is 14.1. The van der Waals surface area contributed by atoms with E-state index in [1.807, 2.05) is 48.6 Å². The number of nitrogens with zero attached hydrogens (tertiary/aromatic N) is 6. The van der Waals surface area contributed by atoms with Crippen molar-refractivity contribution in [3.05, 3.63) is 77.2 Å². The minimum atomic E-state index is -0.000369. The van der Waals surface area contributed by atoms with Gasteiger partial charge in [0.2, 0.25) is 5.95 Å². The summed E-state index contributed by atoms with van der Waals surface area (Å²) in [6.45, 7) is 3.88. The quantitative estimate of drug-likeness (QED) is 0.574. The monoisotopic (exact) mass is 379 g/mol. The number of rotatable bonds is 4. The number of anilines is 1. The van der Waals surface area contributed by atoms with Crippen molar-refractivity contribution in [3.63, 3.8) is 0 Å². The summed E-state index contributed by atoms with van der Waals surface area (Å²) >= 11 is 0. The average Bonchev–Trinajstić information content (AvgIpc) is 3.19. The van der Waals surface area contributed by atoms with Crippen LogP contribution in [0.1, 0.15) is 35.2 Å². The average molecular weight is 379 g/mol. The third-order valence-electron chi connectivity index (χ3n) is 4.84. The van der Waals surface area contributed by atoms with Crippen LogP contribution in [-0.4, -0.2) is 19.4 Å². The molecule has 1 aromatic carbocycles. The number of nitrogens with one attached hydrogen (secondary N) is 1. The molecule has 0 fully saturated rings. The molecule has 0 aliphatic heterocycles. The van der Waals surface area contributed by atoms with Crippen LogP contribution in [0.4, 0.5) is 5.95 Å². The van der Waals surface area contributed by atoms with Crippen LogP contribution in [-0.2, 0) is 0 Å². The molecule has 4 aromatic rings. The van der Waals surface area contributed by atoms with E-state index < -0.39 is 0 Å². The van der Waals surface area contributed by atoms with Gasteiger partial charge in [0.05, 0.1) is 41.3 Å². The highest BCUT2D eigenvalue weighted by Gasteiger charge is 2.17. The number of hydrogen-bond donors (Lipinski definition) is 1. The Balaban J connectivity index is 1.77. The van der Waals surface area contributed by atoms with Crippen LogP contribution in [0, 0.1) is 29.6 Å². The van der Waals surface area contributed by atoms with Gasteiger partial charge in [0.1, 0.15) is 17.4 Å². The zero-order valence-electron chi connectivity index (χ0n) is 16.0. The topological polar surface area (TPSA) is 103 Å². The van der Waals surface area contributed by atoms with E-state index in [-0.39, 0.29) is 6.04 Å². The number of aryl methyl sites for hydroxylation is 1. The van der Waals surface area contributed by atoms with Gasteiger partial charge in [0.25, 0.3) is 0 Å². The third-order valence-corrected chi connectivity index (χ3v) is 4.84. The van der Waals surface area contributed by atoms with E-state index in [4.69, 9.17) is 0 Å². The Kier molecular flexibility index (Phi) is 4.64. The highest BCUT2D eigenvalue weighted by molar-refractivity contribution is 5.69. The number of fused-ring (bicyclic) bond motifs is 1. The van der Waals surface area contributed by atoms with E-state index in [1.54, 1.807) is 18.5 Å². The molecule has 1 N–H and O–H groups in total. The molecule has 7 nitrogen and oxygen atoms in total. The molecule has 7 heteroatoms. The van der Waals surface area contributed by atoms with E-state index in [0.717, 1.165) is 11.1 Å². The van der Waals surface area contributed by atoms with Gasteiger partial charge in [-0.1, -0.05) is 30.3 Å². The molecule has 0 saturated heterocycles. The summed E-state index contributed by atoms with van der Waals surface area (Å²) in [6.07, 6.45) is 4.95. The van der Waals surface area contributed by atoms with Crippen LogP contribution in [0.25, 0.3) is 17.0 Å². The summed E-state index contributed by atoms with van der Waals surface area (Å²) in [5, 5.41) is 22.1. The molecule has 3 heterocycles. The maximum absolute atomic E-state index is 9.55. The number of imidazole rings is 1. The van der Waals surface area contributed by atoms with Gasteiger partial charge in [0, 0.05) is 11.8 Å². The maximum Gasteiger partial charge on any atom is 0.223 e. The Hall–Kier alpha value is -4.23. The minimum Gasteiger partial charge on any atom is -0.348 e. The fraction of sp³-hybridized carbons (Fsp3) is 0.136. The van der Waals surface area contributed by atoms with Crippen LogP contribution in [0.3, 0.4) is 0 Å². The summed E-state index contributed by atoms with van der Waals surface area (Å²) in [5.41, 5.74) is 4.63. The van der Waals surface area contributed by atoms with Crippen LogP contribution in [0.15, 0.2) is 55.0 Å². The van der Waals surface area contributed by atoms with Crippen molar-refractivity contribution in [2.75, 3.05) is 5.32 Å². The minimum absolute atomic E-state index is 0.000369. The molecule has 0 aliphatic carbocycles. The van der Waals surface area contributed by atoms with Gasteiger partial charge in [-0.05, 0) is 25.5 Å². The van der Waals surface area contributed by atoms with Gasteiger partial charge in [-0.3, -0.25) is 4.40 Å². The molecule has 29 heavy (non-hydrogen) atoms. The fourth-order valence-corrected chi connectivity index (χ4v) is 3.23. The van der Waals surface area contributed by atoms with Crippen LogP contribution < -0.4 is 5.32 Å². The summed E-state index contributed by atoms with van der Waals surface area (Å²) in [5.74, 6) is 0.427. The lowest BCUT2D eigenvalue weighted by molar-refractivity contribution is 0.860. The van der Waals surface area contributed by atoms with Gasteiger partial charge in [-0.2, -0.15) is 10.5 Å². The van der Waals surface area contributed by atoms with Crippen molar-refractivity contribution < 1.29 is 0 Å². The zero-order chi connectivity index (χ0) is 20.4. The standard InChI is InChI=1S/C22H17N7/c1-14-17(10-23)8-9-29-19(13-25-21(14)29)20-18(11-24)12-26-22(28-20)27-15(2)16-6-4-3-5-7-16/h3-9,12-13,15H,1-2H3,(H,26,27,28)/t15-/m0/s1. The summed E-state index contributed by atoms with van der Waals surface area (Å²) in [7, 11) is 0. The SMILES string of the molecule is Cc1c(C#N)ccn2c(-c3nc(N[C@@H](C)c4ccccc4)ncc3C#N)cnc12. The predicted molar refractivity (Wildman–Crippen MR) is 109 cm³/mol. The van der Waals surface area contributed by atoms with Crippen molar-refractivity contribution in [2.24, 2.45) is 0 Å². The summed E-state index contributed by atoms with van der Waals surface area (Å²) < 4.78 is 1.84. The van der Waals surface area contributed by atoms with Crippen molar-refractivity contribution in [1.29, 1.82) is 10.5 Å². The van der Waals surface area contributed by atoms with Crippen molar-refractivity contribution in [1.82, 2.24) is 19.4 Å². The Morgan fingerprint density at radius 3 is 2.48 bits per heavy atom. The van der Waals surface area contributed by atoms with Gasteiger partial charge in [-0.25, -0.2) is 15.0 Å². The Morgan fingerprint density at radius 2 is 1.76 bits per heavy atom. The normalized spacial score (nSPS) is 11.6.